The highest BCUT2D eigenvalue weighted by molar-refractivity contribution is 5.90. The number of nitrogens with two attached hydrogens (primary N) is 1. The lowest BCUT2D eigenvalue weighted by atomic mass is 9.98. The fraction of sp³-hybridized carbons (Fsp3) is 0.483. The Bertz CT molecular complexity index is 1270. The summed E-state index contributed by atoms with van der Waals surface area (Å²) in [5, 5.41) is 0. The SMILES string of the molecule is COc1ccccc1CN1CC2N(C(=O)OCc3cc(C)cc(C(F)(F)F)c3)CCC(=O)N2[C@@H](CCCCN)C1=O. The van der Waals surface area contributed by atoms with Gasteiger partial charge in [0.25, 0.3) is 0 Å². The molecule has 9 nitrogen and oxygen atoms in total. The number of aryl methyl sites for hydroxylation is 1. The summed E-state index contributed by atoms with van der Waals surface area (Å²) in [6.45, 7) is 1.93. The van der Waals surface area contributed by atoms with Crippen LogP contribution in [-0.4, -0.2) is 71.6 Å². The summed E-state index contributed by atoms with van der Waals surface area (Å²) >= 11 is 0. The van der Waals surface area contributed by atoms with Crippen LogP contribution in [0.25, 0.3) is 0 Å². The Labute approximate surface area is 237 Å². The Morgan fingerprint density at radius 1 is 1.12 bits per heavy atom. The number of rotatable bonds is 9. The molecule has 0 aromatic heterocycles. The van der Waals surface area contributed by atoms with Crippen molar-refractivity contribution in [1.82, 2.24) is 14.7 Å². The second kappa shape index (κ2) is 12.8. The molecule has 0 radical (unpaired) electrons. The van der Waals surface area contributed by atoms with Crippen molar-refractivity contribution in [3.05, 3.63) is 64.7 Å². The van der Waals surface area contributed by atoms with Crippen LogP contribution in [0, 0.1) is 6.92 Å². The third kappa shape index (κ3) is 6.92. The number of fused-ring (bicyclic) bond motifs is 1. The maximum absolute atomic E-state index is 13.7. The van der Waals surface area contributed by atoms with Gasteiger partial charge in [0.1, 0.15) is 24.6 Å². The predicted octanol–water partition coefficient (Wildman–Crippen LogP) is 4.06. The van der Waals surface area contributed by atoms with Crippen LogP contribution in [0.2, 0.25) is 0 Å². The first-order valence-corrected chi connectivity index (χ1v) is 13.6. The minimum atomic E-state index is -4.53. The first kappa shape index (κ1) is 30.2. The van der Waals surface area contributed by atoms with Gasteiger partial charge in [-0.15, -0.1) is 0 Å². The van der Waals surface area contributed by atoms with Gasteiger partial charge in [-0.1, -0.05) is 29.8 Å². The molecule has 2 aliphatic rings. The maximum Gasteiger partial charge on any atom is 0.416 e. The summed E-state index contributed by atoms with van der Waals surface area (Å²) in [5.41, 5.74) is 6.20. The van der Waals surface area contributed by atoms with Crippen molar-refractivity contribution in [2.75, 3.05) is 26.7 Å². The zero-order chi connectivity index (χ0) is 29.7. The molecule has 0 bridgehead atoms. The van der Waals surface area contributed by atoms with E-state index in [1.54, 1.807) is 11.0 Å². The second-order valence-electron chi connectivity index (χ2n) is 10.3. The molecule has 4 rings (SSSR count). The first-order valence-electron chi connectivity index (χ1n) is 13.6. The van der Waals surface area contributed by atoms with Gasteiger partial charge in [0.15, 0.2) is 0 Å². The number of unbranched alkanes of at least 4 members (excludes halogenated alkanes) is 1. The summed E-state index contributed by atoms with van der Waals surface area (Å²) in [4.78, 5) is 44.6. The quantitative estimate of drug-likeness (QED) is 0.452. The van der Waals surface area contributed by atoms with Crippen LogP contribution in [0.4, 0.5) is 18.0 Å². The largest absolute Gasteiger partial charge is 0.496 e. The molecule has 1 unspecified atom stereocenters. The van der Waals surface area contributed by atoms with E-state index in [-0.39, 0.29) is 50.0 Å². The third-order valence-corrected chi connectivity index (χ3v) is 7.40. The topological polar surface area (TPSA) is 105 Å². The van der Waals surface area contributed by atoms with Crippen LogP contribution in [-0.2, 0) is 33.7 Å². The van der Waals surface area contributed by atoms with Gasteiger partial charge in [0.05, 0.1) is 19.2 Å². The van der Waals surface area contributed by atoms with Gasteiger partial charge >= 0.3 is 12.3 Å². The Morgan fingerprint density at radius 2 is 1.88 bits per heavy atom. The maximum atomic E-state index is 13.7. The monoisotopic (exact) mass is 576 g/mol. The van der Waals surface area contributed by atoms with Crippen molar-refractivity contribution in [3.8, 4) is 5.75 Å². The molecule has 2 aromatic carbocycles. The number of carbonyl (C=O) groups is 3. The van der Waals surface area contributed by atoms with Gasteiger partial charge < -0.3 is 25.0 Å². The summed E-state index contributed by atoms with van der Waals surface area (Å²) in [5.74, 6) is 0.137. The molecule has 12 heteroatoms. The highest BCUT2D eigenvalue weighted by Gasteiger charge is 2.49. The Balaban J connectivity index is 1.57. The number of benzene rings is 2. The fourth-order valence-electron chi connectivity index (χ4n) is 5.47. The molecule has 222 valence electrons. The number of ether oxygens (including phenoxy) is 2. The molecule has 2 N–H and O–H groups in total. The second-order valence-corrected chi connectivity index (χ2v) is 10.3. The van der Waals surface area contributed by atoms with E-state index in [0.717, 1.165) is 17.7 Å². The molecule has 0 aliphatic carbocycles. The highest BCUT2D eigenvalue weighted by Crippen LogP contribution is 2.32. The van der Waals surface area contributed by atoms with Crippen LogP contribution in [0.15, 0.2) is 42.5 Å². The highest BCUT2D eigenvalue weighted by atomic mass is 19.4. The molecular weight excluding hydrogens is 541 g/mol. The van der Waals surface area contributed by atoms with Gasteiger partial charge in [0, 0.05) is 25.1 Å². The van der Waals surface area contributed by atoms with Crippen molar-refractivity contribution in [2.45, 2.75) is 64.1 Å². The molecule has 41 heavy (non-hydrogen) atoms. The molecule has 0 saturated carbocycles. The van der Waals surface area contributed by atoms with Crippen molar-refractivity contribution in [3.63, 3.8) is 0 Å². The van der Waals surface area contributed by atoms with E-state index in [2.05, 4.69) is 0 Å². The van der Waals surface area contributed by atoms with E-state index in [0.29, 0.717) is 37.1 Å². The summed E-state index contributed by atoms with van der Waals surface area (Å²) in [6.07, 6.45) is -4.42. The van der Waals surface area contributed by atoms with E-state index in [9.17, 15) is 27.6 Å². The van der Waals surface area contributed by atoms with Crippen LogP contribution in [0.3, 0.4) is 0 Å². The number of para-hydroxylation sites is 1. The fourth-order valence-corrected chi connectivity index (χ4v) is 5.47. The average Bonchev–Trinajstić information content (AvgIpc) is 2.93. The number of hydrogen-bond acceptors (Lipinski definition) is 6. The molecule has 2 aliphatic heterocycles. The lowest BCUT2D eigenvalue weighted by Gasteiger charge is -2.52. The summed E-state index contributed by atoms with van der Waals surface area (Å²) < 4.78 is 50.8. The first-order chi connectivity index (χ1) is 19.5. The van der Waals surface area contributed by atoms with Crippen LogP contribution in [0.1, 0.15) is 47.9 Å². The normalized spacial score (nSPS) is 19.3. The number of piperazine rings is 1. The number of carbonyl (C=O) groups excluding carboxylic acids is 3. The molecule has 2 heterocycles. The van der Waals surface area contributed by atoms with Crippen molar-refractivity contribution >= 4 is 17.9 Å². The molecule has 2 atom stereocenters. The number of halogens is 3. The molecule has 2 saturated heterocycles. The number of nitrogens with zero attached hydrogens (tertiary/aromatic N) is 3. The van der Waals surface area contributed by atoms with Crippen LogP contribution < -0.4 is 10.5 Å². The minimum absolute atomic E-state index is 0.00143. The molecular formula is C29H35F3N4O5. The Morgan fingerprint density at radius 3 is 2.59 bits per heavy atom. The number of alkyl halides is 3. The predicted molar refractivity (Wildman–Crippen MR) is 143 cm³/mol. The van der Waals surface area contributed by atoms with E-state index in [4.69, 9.17) is 15.2 Å². The smallest absolute Gasteiger partial charge is 0.416 e. The van der Waals surface area contributed by atoms with Gasteiger partial charge in [-0.05, 0) is 56.5 Å². The molecule has 3 amide bonds. The van der Waals surface area contributed by atoms with Crippen LogP contribution >= 0.6 is 0 Å². The number of hydrogen-bond donors (Lipinski definition) is 1. The standard InChI is InChI=1S/C29H35F3N4O5/c1-19-13-20(15-22(14-19)29(30,31)32)18-41-28(39)35-12-10-26(37)36-23(8-5-6-11-33)27(38)34(17-25(35)36)16-21-7-3-4-9-24(21)40-2/h3-4,7,9,13-15,23,25H,5-6,8,10-12,16-18,33H2,1-2H3/t23-,25?/m0/s1. The van der Waals surface area contributed by atoms with E-state index < -0.39 is 30.0 Å². The van der Waals surface area contributed by atoms with E-state index >= 15 is 0 Å². The number of methoxy groups -OCH3 is 1. The zero-order valence-electron chi connectivity index (χ0n) is 23.2. The van der Waals surface area contributed by atoms with Gasteiger partial charge in [-0.2, -0.15) is 13.2 Å². The average molecular weight is 577 g/mol. The molecule has 2 aromatic rings. The number of amides is 3. The van der Waals surface area contributed by atoms with Crippen LogP contribution in [0.5, 0.6) is 5.75 Å². The Hall–Kier alpha value is -3.80. The Kier molecular flexibility index (Phi) is 9.42. The van der Waals surface area contributed by atoms with Gasteiger partial charge in [-0.3, -0.25) is 14.5 Å². The van der Waals surface area contributed by atoms with Crippen molar-refractivity contribution in [2.24, 2.45) is 5.73 Å². The zero-order valence-corrected chi connectivity index (χ0v) is 23.2. The molecule has 0 spiro atoms. The lowest BCUT2D eigenvalue weighted by Crippen LogP contribution is -2.71. The van der Waals surface area contributed by atoms with E-state index in [1.807, 2.05) is 18.2 Å². The summed E-state index contributed by atoms with van der Waals surface area (Å²) in [6, 6.07) is 10.0. The minimum Gasteiger partial charge on any atom is -0.496 e. The molecule has 2 fully saturated rings. The van der Waals surface area contributed by atoms with Gasteiger partial charge in [-0.25, -0.2) is 4.79 Å². The summed E-state index contributed by atoms with van der Waals surface area (Å²) in [7, 11) is 1.54. The van der Waals surface area contributed by atoms with Gasteiger partial charge in [0.2, 0.25) is 11.8 Å². The third-order valence-electron chi connectivity index (χ3n) is 7.40. The lowest BCUT2D eigenvalue weighted by molar-refractivity contribution is -0.169. The van der Waals surface area contributed by atoms with E-state index in [1.165, 1.54) is 29.9 Å². The van der Waals surface area contributed by atoms with Crippen molar-refractivity contribution in [1.29, 1.82) is 0 Å². The van der Waals surface area contributed by atoms with Crippen molar-refractivity contribution < 1.29 is 37.0 Å².